The van der Waals surface area contributed by atoms with Crippen molar-refractivity contribution in [1.82, 2.24) is 14.0 Å². The van der Waals surface area contributed by atoms with Crippen LogP contribution in [0, 0.1) is 0 Å². The van der Waals surface area contributed by atoms with Gasteiger partial charge in [0.15, 0.2) is 5.52 Å². The molecular weight excluding hydrogens is 560 g/mol. The van der Waals surface area contributed by atoms with E-state index in [4.69, 9.17) is 4.98 Å². The molecule has 7 aromatic carbocycles. The van der Waals surface area contributed by atoms with Gasteiger partial charge in [0.05, 0.1) is 28.1 Å². The molecule has 4 nitrogen and oxygen atoms in total. The van der Waals surface area contributed by atoms with E-state index in [1.54, 1.807) is 0 Å². The second kappa shape index (κ2) is 8.68. The SMILES string of the molecule is c1ccc(-[n+]2cc3ccccc3nc2-n2c3cccc4c5ccccc5n5c6ccc7ccccc7c6c6ccc2c(c43)c65)cc1. The number of para-hydroxylation sites is 3. The summed E-state index contributed by atoms with van der Waals surface area (Å²) in [6.07, 6.45) is 2.22. The molecule has 4 heteroatoms. The molecule has 0 aliphatic carbocycles. The summed E-state index contributed by atoms with van der Waals surface area (Å²) < 4.78 is 7.12. The Balaban J connectivity index is 1.43. The van der Waals surface area contributed by atoms with Gasteiger partial charge >= 0.3 is 5.95 Å². The van der Waals surface area contributed by atoms with Crippen LogP contribution in [0.25, 0.3) is 93.2 Å². The molecule has 4 heterocycles. The van der Waals surface area contributed by atoms with Gasteiger partial charge in [0, 0.05) is 26.9 Å². The van der Waals surface area contributed by atoms with Crippen LogP contribution in [0.4, 0.5) is 0 Å². The van der Waals surface area contributed by atoms with Crippen LogP contribution in [0.1, 0.15) is 0 Å². The quantitative estimate of drug-likeness (QED) is 0.185. The lowest BCUT2D eigenvalue weighted by Gasteiger charge is -2.09. The van der Waals surface area contributed by atoms with Crippen LogP contribution in [-0.4, -0.2) is 14.0 Å². The van der Waals surface area contributed by atoms with Gasteiger partial charge < -0.3 is 4.40 Å². The summed E-state index contributed by atoms with van der Waals surface area (Å²) in [5.74, 6) is 0.864. The van der Waals surface area contributed by atoms with Crippen LogP contribution in [0.15, 0.2) is 152 Å². The molecule has 4 aromatic heterocycles. The van der Waals surface area contributed by atoms with Crippen LogP contribution in [0.3, 0.4) is 0 Å². The molecule has 0 unspecified atom stereocenters. The van der Waals surface area contributed by atoms with E-state index < -0.39 is 0 Å². The van der Waals surface area contributed by atoms with Crippen molar-refractivity contribution < 1.29 is 4.57 Å². The van der Waals surface area contributed by atoms with E-state index in [0.29, 0.717) is 0 Å². The van der Waals surface area contributed by atoms with Gasteiger partial charge in [0.2, 0.25) is 0 Å². The summed E-state index contributed by atoms with van der Waals surface area (Å²) >= 11 is 0. The Hall–Kier alpha value is -6.26. The Morgan fingerprint density at radius 2 is 1.13 bits per heavy atom. The Bertz CT molecular complexity index is 3020. The summed E-state index contributed by atoms with van der Waals surface area (Å²) in [7, 11) is 0. The monoisotopic (exact) mass is 585 g/mol. The first-order valence-electron chi connectivity index (χ1n) is 15.7. The number of nitrogens with zero attached hydrogens (tertiary/aromatic N) is 4. The van der Waals surface area contributed by atoms with E-state index in [0.717, 1.165) is 33.6 Å². The van der Waals surface area contributed by atoms with E-state index in [2.05, 4.69) is 165 Å². The van der Waals surface area contributed by atoms with Crippen molar-refractivity contribution in [2.45, 2.75) is 0 Å². The number of hydrogen-bond donors (Lipinski definition) is 0. The molecule has 0 amide bonds. The average Bonchev–Trinajstić information content (AvgIpc) is 3.60. The van der Waals surface area contributed by atoms with E-state index in [1.807, 2.05) is 0 Å². The molecule has 0 saturated carbocycles. The van der Waals surface area contributed by atoms with Gasteiger partial charge in [-0.05, 0) is 70.8 Å². The summed E-state index contributed by atoms with van der Waals surface area (Å²) in [6.45, 7) is 0. The Morgan fingerprint density at radius 1 is 0.435 bits per heavy atom. The largest absolute Gasteiger partial charge is 0.409 e. The molecule has 0 fully saturated rings. The third kappa shape index (κ3) is 2.98. The summed E-state index contributed by atoms with van der Waals surface area (Å²) in [6, 6.07) is 52.5. The minimum Gasteiger partial charge on any atom is -0.308 e. The minimum absolute atomic E-state index is 0.864. The van der Waals surface area contributed by atoms with Crippen LogP contribution in [0.5, 0.6) is 0 Å². The Morgan fingerprint density at radius 3 is 2.04 bits per heavy atom. The minimum atomic E-state index is 0.864. The average molecular weight is 586 g/mol. The first kappa shape index (κ1) is 24.1. The second-order valence-electron chi connectivity index (χ2n) is 12.2. The zero-order valence-electron chi connectivity index (χ0n) is 24.7. The zero-order valence-corrected chi connectivity index (χ0v) is 24.7. The predicted octanol–water partition coefficient (Wildman–Crippen LogP) is 9.91. The lowest BCUT2D eigenvalue weighted by Crippen LogP contribution is -2.37. The van der Waals surface area contributed by atoms with Crippen LogP contribution >= 0.6 is 0 Å². The molecule has 0 aliphatic rings. The molecule has 0 atom stereocenters. The number of fused-ring (bicyclic) bond motifs is 9. The van der Waals surface area contributed by atoms with Gasteiger partial charge in [0.25, 0.3) is 0 Å². The van der Waals surface area contributed by atoms with Gasteiger partial charge in [-0.25, -0.2) is 4.57 Å². The van der Waals surface area contributed by atoms with Crippen molar-refractivity contribution in [1.29, 1.82) is 0 Å². The highest BCUT2D eigenvalue weighted by Gasteiger charge is 2.29. The maximum atomic E-state index is 5.39. The third-order valence-corrected chi connectivity index (χ3v) is 9.88. The fourth-order valence-corrected chi connectivity index (χ4v) is 8.00. The standard InChI is InChI=1S/C42H25N4/c1-2-13-28(14-3-1)44-25-27-12-5-8-18-33(27)43-42(44)46-35-20-10-17-31-30-16-7-9-19-34(30)45-36-23-21-26-11-4-6-15-29(26)38(36)32-22-24-37(46)40(39(31)35)41(32)45/h1-25H/q+1. The first-order valence-corrected chi connectivity index (χ1v) is 15.7. The van der Waals surface area contributed by atoms with Gasteiger partial charge in [-0.15, -0.1) is 0 Å². The highest BCUT2D eigenvalue weighted by Crippen LogP contribution is 2.46. The molecule has 11 aromatic rings. The molecule has 46 heavy (non-hydrogen) atoms. The van der Waals surface area contributed by atoms with Gasteiger partial charge in [0.1, 0.15) is 16.7 Å². The Labute approximate surface area is 262 Å². The van der Waals surface area contributed by atoms with Crippen LogP contribution in [-0.2, 0) is 0 Å². The topological polar surface area (TPSA) is 26.1 Å². The second-order valence-corrected chi connectivity index (χ2v) is 12.2. The maximum absolute atomic E-state index is 5.39. The lowest BCUT2D eigenvalue weighted by molar-refractivity contribution is -0.591. The smallest absolute Gasteiger partial charge is 0.308 e. The maximum Gasteiger partial charge on any atom is 0.409 e. The molecule has 0 radical (unpaired) electrons. The highest BCUT2D eigenvalue weighted by molar-refractivity contribution is 6.35. The molecule has 11 rings (SSSR count). The van der Waals surface area contributed by atoms with E-state index in [-0.39, 0.29) is 0 Å². The predicted molar refractivity (Wildman–Crippen MR) is 190 cm³/mol. The fraction of sp³-hybridized carbons (Fsp3) is 0. The molecule has 0 bridgehead atoms. The first-order chi connectivity index (χ1) is 22.8. The number of benzene rings is 7. The number of hydrogen-bond acceptors (Lipinski definition) is 1. The van der Waals surface area contributed by atoms with Crippen LogP contribution in [0.2, 0.25) is 0 Å². The van der Waals surface area contributed by atoms with Crippen molar-refractivity contribution in [2.75, 3.05) is 0 Å². The third-order valence-electron chi connectivity index (χ3n) is 9.88. The lowest BCUT2D eigenvalue weighted by atomic mass is 10.0. The molecule has 212 valence electrons. The van der Waals surface area contributed by atoms with E-state index >= 15 is 0 Å². The normalized spacial score (nSPS) is 12.3. The van der Waals surface area contributed by atoms with Crippen molar-refractivity contribution in [3.05, 3.63) is 152 Å². The molecule has 0 spiro atoms. The van der Waals surface area contributed by atoms with Gasteiger partial charge in [-0.3, -0.25) is 0 Å². The highest BCUT2D eigenvalue weighted by atomic mass is 15.2. The number of aromatic nitrogens is 4. The molecular formula is C42H25N4+. The van der Waals surface area contributed by atoms with Crippen molar-refractivity contribution >= 4 is 81.6 Å². The van der Waals surface area contributed by atoms with Crippen LogP contribution < -0.4 is 4.57 Å². The fourth-order valence-electron chi connectivity index (χ4n) is 8.00. The summed E-state index contributed by atoms with van der Waals surface area (Å²) in [5, 5.41) is 11.2. The zero-order chi connectivity index (χ0) is 29.9. The number of rotatable bonds is 2. The van der Waals surface area contributed by atoms with E-state index in [1.165, 1.54) is 59.6 Å². The Kier molecular flexibility index (Phi) is 4.55. The molecule has 0 N–H and O–H groups in total. The van der Waals surface area contributed by atoms with Crippen molar-refractivity contribution in [2.24, 2.45) is 0 Å². The molecule has 0 saturated heterocycles. The summed E-state index contributed by atoms with van der Waals surface area (Å²) in [4.78, 5) is 5.39. The van der Waals surface area contributed by atoms with E-state index in [9.17, 15) is 0 Å². The van der Waals surface area contributed by atoms with Gasteiger partial charge in [-0.1, -0.05) is 96.0 Å². The summed E-state index contributed by atoms with van der Waals surface area (Å²) in [5.41, 5.74) is 8.01. The molecule has 0 aliphatic heterocycles. The van der Waals surface area contributed by atoms with Gasteiger partial charge in [-0.2, -0.15) is 4.57 Å². The van der Waals surface area contributed by atoms with Crippen molar-refractivity contribution in [3.8, 4) is 11.6 Å². The van der Waals surface area contributed by atoms with Crippen molar-refractivity contribution in [3.63, 3.8) is 0 Å².